The summed E-state index contributed by atoms with van der Waals surface area (Å²) >= 11 is 0. The second-order valence-electron chi connectivity index (χ2n) is 3.73. The fourth-order valence-electron chi connectivity index (χ4n) is 1.57. The van der Waals surface area contributed by atoms with E-state index in [4.69, 9.17) is 0 Å². The molecule has 0 saturated carbocycles. The lowest BCUT2D eigenvalue weighted by molar-refractivity contribution is -0.116. The highest BCUT2D eigenvalue weighted by Gasteiger charge is 2.05. The van der Waals surface area contributed by atoms with Gasteiger partial charge < -0.3 is 0 Å². The van der Waals surface area contributed by atoms with E-state index in [2.05, 4.69) is 15.3 Å². The molecule has 2 N–H and O–H groups in total. The lowest BCUT2D eigenvalue weighted by Crippen LogP contribution is -2.17. The first kappa shape index (κ1) is 11.3. The van der Waals surface area contributed by atoms with Crippen LogP contribution in [-0.2, 0) is 4.79 Å². The number of anilines is 1. The summed E-state index contributed by atoms with van der Waals surface area (Å²) in [6, 6.07) is 7.00. The summed E-state index contributed by atoms with van der Waals surface area (Å²) in [5.41, 5.74) is 0.324. The summed E-state index contributed by atoms with van der Waals surface area (Å²) in [6.45, 7) is 1.91. The van der Waals surface area contributed by atoms with E-state index in [0.29, 0.717) is 17.3 Å². The highest BCUT2D eigenvalue weighted by molar-refractivity contribution is 5.90. The Bertz CT molecular complexity index is 604. The summed E-state index contributed by atoms with van der Waals surface area (Å²) in [5.74, 6) is 0.0538. The Hall–Kier alpha value is -2.17. The number of benzene rings is 1. The van der Waals surface area contributed by atoms with Crippen molar-refractivity contribution in [3.63, 3.8) is 0 Å². The maximum atomic E-state index is 11.7. The third-order valence-electron chi connectivity index (χ3n) is 2.35. The van der Waals surface area contributed by atoms with Gasteiger partial charge in [-0.15, -0.1) is 0 Å². The van der Waals surface area contributed by atoms with Crippen LogP contribution in [0.2, 0.25) is 0 Å². The quantitative estimate of drug-likeness (QED) is 0.843. The van der Waals surface area contributed by atoms with Crippen LogP contribution in [0.3, 0.4) is 0 Å². The van der Waals surface area contributed by atoms with Crippen LogP contribution < -0.4 is 10.9 Å². The molecule has 0 aliphatic heterocycles. The van der Waals surface area contributed by atoms with Gasteiger partial charge in [0, 0.05) is 6.42 Å². The van der Waals surface area contributed by atoms with Crippen molar-refractivity contribution in [3.8, 4) is 0 Å². The van der Waals surface area contributed by atoms with Crippen molar-refractivity contribution in [2.45, 2.75) is 19.8 Å². The molecule has 1 aromatic carbocycles. The Labute approximate surface area is 97.9 Å². The summed E-state index contributed by atoms with van der Waals surface area (Å²) in [7, 11) is 0. The van der Waals surface area contributed by atoms with Crippen molar-refractivity contribution >= 4 is 22.8 Å². The van der Waals surface area contributed by atoms with Gasteiger partial charge >= 0.3 is 0 Å². The molecule has 0 saturated heterocycles. The Kier molecular flexibility index (Phi) is 3.18. The van der Waals surface area contributed by atoms with Gasteiger partial charge in [0.15, 0.2) is 0 Å². The molecular formula is C12H13N3O2. The van der Waals surface area contributed by atoms with Crippen LogP contribution in [0.25, 0.3) is 10.9 Å². The number of nitrogens with zero attached hydrogens (tertiary/aromatic N) is 1. The van der Waals surface area contributed by atoms with E-state index in [9.17, 15) is 9.59 Å². The van der Waals surface area contributed by atoms with Crippen molar-refractivity contribution in [3.05, 3.63) is 34.6 Å². The van der Waals surface area contributed by atoms with Gasteiger partial charge in [0.2, 0.25) is 11.9 Å². The second kappa shape index (κ2) is 4.78. The van der Waals surface area contributed by atoms with Gasteiger partial charge in [-0.1, -0.05) is 19.1 Å². The topological polar surface area (TPSA) is 74.8 Å². The van der Waals surface area contributed by atoms with Gasteiger partial charge in [0.1, 0.15) is 0 Å². The first-order valence-electron chi connectivity index (χ1n) is 5.49. The van der Waals surface area contributed by atoms with E-state index in [1.807, 2.05) is 6.92 Å². The maximum Gasteiger partial charge on any atom is 0.260 e. The fraction of sp³-hybridized carbons (Fsp3) is 0.250. The third kappa shape index (κ3) is 2.50. The highest BCUT2D eigenvalue weighted by atomic mass is 16.2. The molecule has 1 amide bonds. The molecule has 0 aliphatic carbocycles. The number of H-pyrrole nitrogens is 1. The average molecular weight is 231 g/mol. The zero-order valence-corrected chi connectivity index (χ0v) is 9.49. The van der Waals surface area contributed by atoms with Crippen LogP contribution in [0.4, 0.5) is 5.95 Å². The molecule has 0 radical (unpaired) electrons. The van der Waals surface area contributed by atoms with E-state index in [0.717, 1.165) is 6.42 Å². The Balaban J connectivity index is 2.37. The summed E-state index contributed by atoms with van der Waals surface area (Å²) in [4.78, 5) is 29.8. The minimum Gasteiger partial charge on any atom is -0.296 e. The number of rotatable bonds is 3. The Morgan fingerprint density at radius 3 is 2.94 bits per heavy atom. The van der Waals surface area contributed by atoms with Crippen LogP contribution in [0.15, 0.2) is 29.1 Å². The van der Waals surface area contributed by atoms with Crippen molar-refractivity contribution in [1.29, 1.82) is 0 Å². The normalized spacial score (nSPS) is 10.4. The molecular weight excluding hydrogens is 218 g/mol. The number of carbonyl (C=O) groups excluding carboxylic acids is 1. The molecule has 2 aromatic rings. The molecule has 0 bridgehead atoms. The van der Waals surface area contributed by atoms with Gasteiger partial charge in [0.05, 0.1) is 10.9 Å². The monoisotopic (exact) mass is 231 g/mol. The third-order valence-corrected chi connectivity index (χ3v) is 2.35. The minimum absolute atomic E-state index is 0.147. The predicted molar refractivity (Wildman–Crippen MR) is 65.9 cm³/mol. The lowest BCUT2D eigenvalue weighted by atomic mass is 10.2. The van der Waals surface area contributed by atoms with Crippen molar-refractivity contribution in [1.82, 2.24) is 9.97 Å². The number of aromatic amines is 1. The molecule has 2 rings (SSSR count). The minimum atomic E-state index is -0.248. The average Bonchev–Trinajstić information content (AvgIpc) is 2.29. The molecule has 1 aromatic heterocycles. The molecule has 88 valence electrons. The second-order valence-corrected chi connectivity index (χ2v) is 3.73. The van der Waals surface area contributed by atoms with Gasteiger partial charge in [-0.3, -0.25) is 19.9 Å². The largest absolute Gasteiger partial charge is 0.296 e. The number of nitrogens with one attached hydrogen (secondary N) is 2. The number of hydrogen-bond donors (Lipinski definition) is 2. The standard InChI is InChI=1S/C12H13N3O2/c1-2-5-10(16)14-12-13-9-7-4-3-6-8(9)11(17)15-12/h3-4,6-7H,2,5H2,1H3,(H2,13,14,15,16,17). The van der Waals surface area contributed by atoms with E-state index >= 15 is 0 Å². The van der Waals surface area contributed by atoms with E-state index in [1.54, 1.807) is 24.3 Å². The van der Waals surface area contributed by atoms with Gasteiger partial charge in [-0.2, -0.15) is 0 Å². The maximum absolute atomic E-state index is 11.7. The van der Waals surface area contributed by atoms with Crippen LogP contribution in [0, 0.1) is 0 Å². The molecule has 1 heterocycles. The molecule has 17 heavy (non-hydrogen) atoms. The molecule has 0 unspecified atom stereocenters. The number of carbonyl (C=O) groups is 1. The van der Waals surface area contributed by atoms with E-state index in [1.165, 1.54) is 0 Å². The van der Waals surface area contributed by atoms with E-state index < -0.39 is 0 Å². The number of fused-ring (bicyclic) bond motifs is 1. The number of aromatic nitrogens is 2. The molecule has 5 nitrogen and oxygen atoms in total. The zero-order valence-electron chi connectivity index (χ0n) is 9.49. The molecule has 0 atom stereocenters. The first-order valence-corrected chi connectivity index (χ1v) is 5.49. The van der Waals surface area contributed by atoms with Crippen LogP contribution in [0.5, 0.6) is 0 Å². The van der Waals surface area contributed by atoms with Crippen LogP contribution in [0.1, 0.15) is 19.8 Å². The van der Waals surface area contributed by atoms with Crippen molar-refractivity contribution in [2.75, 3.05) is 5.32 Å². The lowest BCUT2D eigenvalue weighted by Gasteiger charge is -2.04. The molecule has 0 aliphatic rings. The molecule has 0 fully saturated rings. The summed E-state index contributed by atoms with van der Waals surface area (Å²) in [5, 5.41) is 3.09. The van der Waals surface area contributed by atoms with E-state index in [-0.39, 0.29) is 17.4 Å². The summed E-state index contributed by atoms with van der Waals surface area (Å²) in [6.07, 6.45) is 1.17. The van der Waals surface area contributed by atoms with Crippen LogP contribution in [-0.4, -0.2) is 15.9 Å². The SMILES string of the molecule is CCCC(=O)Nc1nc2ccccc2c(=O)[nH]1. The zero-order chi connectivity index (χ0) is 12.3. The fourth-order valence-corrected chi connectivity index (χ4v) is 1.57. The highest BCUT2D eigenvalue weighted by Crippen LogP contribution is 2.08. The van der Waals surface area contributed by atoms with Gasteiger partial charge in [0.25, 0.3) is 5.56 Å². The van der Waals surface area contributed by atoms with Crippen LogP contribution >= 0.6 is 0 Å². The number of para-hydroxylation sites is 1. The predicted octanol–water partition coefficient (Wildman–Crippen LogP) is 1.66. The first-order chi connectivity index (χ1) is 8.20. The van der Waals surface area contributed by atoms with Gasteiger partial charge in [-0.05, 0) is 18.6 Å². The smallest absolute Gasteiger partial charge is 0.260 e. The number of amides is 1. The Morgan fingerprint density at radius 2 is 2.18 bits per heavy atom. The van der Waals surface area contributed by atoms with Gasteiger partial charge in [-0.25, -0.2) is 4.98 Å². The van der Waals surface area contributed by atoms with Crippen molar-refractivity contribution < 1.29 is 4.79 Å². The Morgan fingerprint density at radius 1 is 1.41 bits per heavy atom. The number of hydrogen-bond acceptors (Lipinski definition) is 3. The summed E-state index contributed by atoms with van der Waals surface area (Å²) < 4.78 is 0. The van der Waals surface area contributed by atoms with Crippen molar-refractivity contribution in [2.24, 2.45) is 0 Å². The molecule has 0 spiro atoms. The molecule has 5 heteroatoms.